The van der Waals surface area contributed by atoms with Gasteiger partial charge in [-0.05, 0) is 31.7 Å². The Balaban J connectivity index is 1.67. The van der Waals surface area contributed by atoms with E-state index in [0.717, 1.165) is 25.9 Å². The predicted molar refractivity (Wildman–Crippen MR) is 119 cm³/mol. The molecule has 188 valence electrons. The second kappa shape index (κ2) is 7.13. The number of aliphatic hydroxyl groups excluding tert-OH is 1. The van der Waals surface area contributed by atoms with Crippen molar-refractivity contribution in [2.24, 2.45) is 34.5 Å². The van der Waals surface area contributed by atoms with Crippen LogP contribution in [0.1, 0.15) is 32.6 Å². The zero-order valence-electron chi connectivity index (χ0n) is 20.6. The number of methoxy groups -OCH3 is 4. The van der Waals surface area contributed by atoms with Crippen molar-refractivity contribution < 1.29 is 34.3 Å². The molecule has 13 atom stereocenters. The third-order valence-electron chi connectivity index (χ3n) is 11.5. The fraction of sp³-hybridized carbons (Fsp3) is 1.00. The van der Waals surface area contributed by atoms with E-state index >= 15 is 0 Å². The fourth-order valence-corrected chi connectivity index (χ4v) is 11.0. The first-order valence-corrected chi connectivity index (χ1v) is 12.7. The van der Waals surface area contributed by atoms with Crippen LogP contribution < -0.4 is 0 Å². The molecule has 7 bridgehead atoms. The molecular formula is C25H41NO7. The van der Waals surface area contributed by atoms with Crippen molar-refractivity contribution in [1.82, 2.24) is 4.90 Å². The highest BCUT2D eigenvalue weighted by molar-refractivity contribution is 5.41. The van der Waals surface area contributed by atoms with E-state index in [9.17, 15) is 15.3 Å². The number of hydrogen-bond donors (Lipinski definition) is 3. The van der Waals surface area contributed by atoms with E-state index in [4.69, 9.17) is 18.9 Å². The monoisotopic (exact) mass is 467 g/mol. The zero-order chi connectivity index (χ0) is 23.6. The van der Waals surface area contributed by atoms with Gasteiger partial charge in [-0.15, -0.1) is 0 Å². The van der Waals surface area contributed by atoms with Crippen LogP contribution in [0.4, 0.5) is 0 Å². The molecule has 0 radical (unpaired) electrons. The lowest BCUT2D eigenvalue weighted by molar-refractivity contribution is -0.318. The molecule has 6 rings (SSSR count). The molecule has 3 N–H and O–H groups in total. The van der Waals surface area contributed by atoms with E-state index < -0.39 is 28.8 Å². The number of piperidine rings is 1. The summed E-state index contributed by atoms with van der Waals surface area (Å²) in [5, 5.41) is 37.6. The Kier molecular flexibility index (Phi) is 4.99. The summed E-state index contributed by atoms with van der Waals surface area (Å²) in [5.74, 6) is -0.231. The summed E-state index contributed by atoms with van der Waals surface area (Å²) in [5.41, 5.74) is -3.82. The van der Waals surface area contributed by atoms with Crippen molar-refractivity contribution in [2.75, 3.05) is 48.1 Å². The topological polar surface area (TPSA) is 101 Å². The van der Waals surface area contributed by atoms with Crippen molar-refractivity contribution >= 4 is 0 Å². The summed E-state index contributed by atoms with van der Waals surface area (Å²) >= 11 is 0. The smallest absolute Gasteiger partial charge is 0.136 e. The van der Waals surface area contributed by atoms with Crippen molar-refractivity contribution in [3.05, 3.63) is 0 Å². The molecule has 5 saturated carbocycles. The lowest BCUT2D eigenvalue weighted by atomic mass is 9.42. The number of hydrogen-bond acceptors (Lipinski definition) is 8. The largest absolute Gasteiger partial charge is 0.392 e. The first-order chi connectivity index (χ1) is 15.8. The molecule has 8 nitrogen and oxygen atoms in total. The molecule has 8 heteroatoms. The maximum absolute atomic E-state index is 12.9. The molecule has 6 fully saturated rings. The maximum Gasteiger partial charge on any atom is 0.136 e. The minimum atomic E-state index is -1.55. The molecule has 0 aromatic rings. The van der Waals surface area contributed by atoms with E-state index in [1.165, 1.54) is 0 Å². The molecular weight excluding hydrogens is 426 g/mol. The van der Waals surface area contributed by atoms with Crippen LogP contribution in [-0.4, -0.2) is 110 Å². The van der Waals surface area contributed by atoms with E-state index in [0.29, 0.717) is 19.4 Å². The van der Waals surface area contributed by atoms with Gasteiger partial charge in [0, 0.05) is 70.0 Å². The van der Waals surface area contributed by atoms with Gasteiger partial charge in [-0.1, -0.05) is 6.92 Å². The van der Waals surface area contributed by atoms with Gasteiger partial charge in [0.05, 0.1) is 37.1 Å². The van der Waals surface area contributed by atoms with E-state index in [1.807, 2.05) is 0 Å². The lowest BCUT2D eigenvalue weighted by Gasteiger charge is -2.69. The van der Waals surface area contributed by atoms with Crippen LogP contribution in [0.15, 0.2) is 0 Å². The Morgan fingerprint density at radius 3 is 2.42 bits per heavy atom. The Labute approximate surface area is 196 Å². The van der Waals surface area contributed by atoms with Gasteiger partial charge in [0.2, 0.25) is 0 Å². The van der Waals surface area contributed by atoms with Crippen LogP contribution >= 0.6 is 0 Å². The van der Waals surface area contributed by atoms with Gasteiger partial charge >= 0.3 is 0 Å². The third kappa shape index (κ3) is 2.20. The highest BCUT2D eigenvalue weighted by Gasteiger charge is 2.91. The lowest BCUT2D eigenvalue weighted by Crippen LogP contribution is -2.82. The Morgan fingerprint density at radius 2 is 1.82 bits per heavy atom. The van der Waals surface area contributed by atoms with Gasteiger partial charge in [-0.2, -0.15) is 0 Å². The normalized spacial score (nSPS) is 60.9. The minimum Gasteiger partial charge on any atom is -0.392 e. The van der Waals surface area contributed by atoms with Gasteiger partial charge in [-0.3, -0.25) is 4.90 Å². The molecule has 0 amide bonds. The van der Waals surface area contributed by atoms with Crippen LogP contribution in [0.3, 0.4) is 0 Å². The number of ether oxygens (including phenoxy) is 4. The molecule has 33 heavy (non-hydrogen) atoms. The number of aliphatic hydroxyl groups is 3. The molecule has 6 aliphatic rings. The van der Waals surface area contributed by atoms with Gasteiger partial charge < -0.3 is 34.3 Å². The predicted octanol–water partition coefficient (Wildman–Crippen LogP) is 0.271. The SMILES string of the molecule is CCN1C[C@]2(COC)CC[C@H](O)[C@]34[C@@H]5C[C@@H]6[C@H](OC)[C@@H]5[C@](O)(C[C@@H]6OC)C(O)([C@@H]13)[C@@H](OC)[C@H]24. The number of likely N-dealkylation sites (tertiary alicyclic amines) is 1. The second-order valence-electron chi connectivity index (χ2n) is 11.9. The number of nitrogens with zero attached hydrogens (tertiary/aromatic N) is 1. The van der Waals surface area contributed by atoms with E-state index in [2.05, 4.69) is 11.8 Å². The van der Waals surface area contributed by atoms with Gasteiger partial charge in [0.1, 0.15) is 11.2 Å². The first kappa shape index (κ1) is 23.1. The summed E-state index contributed by atoms with van der Waals surface area (Å²) in [6.45, 7) is 4.18. The summed E-state index contributed by atoms with van der Waals surface area (Å²) < 4.78 is 24.0. The average Bonchev–Trinajstić information content (AvgIpc) is 3.22. The van der Waals surface area contributed by atoms with Crippen LogP contribution in [-0.2, 0) is 18.9 Å². The Morgan fingerprint density at radius 1 is 1.06 bits per heavy atom. The molecule has 1 aliphatic heterocycles. The quantitative estimate of drug-likeness (QED) is 0.512. The Hall–Kier alpha value is -0.320. The Bertz CT molecular complexity index is 814. The third-order valence-corrected chi connectivity index (χ3v) is 11.5. The van der Waals surface area contributed by atoms with Crippen LogP contribution in [0.5, 0.6) is 0 Å². The molecule has 1 saturated heterocycles. The first-order valence-electron chi connectivity index (χ1n) is 12.7. The highest BCUT2D eigenvalue weighted by Crippen LogP contribution is 2.80. The molecule has 1 unspecified atom stereocenters. The zero-order valence-corrected chi connectivity index (χ0v) is 20.6. The maximum atomic E-state index is 12.9. The number of likely N-dealkylation sites (N-methyl/N-ethyl adjacent to an activating group) is 1. The van der Waals surface area contributed by atoms with Crippen LogP contribution in [0.2, 0.25) is 0 Å². The van der Waals surface area contributed by atoms with E-state index in [1.54, 1.807) is 28.4 Å². The van der Waals surface area contributed by atoms with Crippen molar-refractivity contribution in [3.63, 3.8) is 0 Å². The molecule has 0 aromatic heterocycles. The molecule has 1 spiro atoms. The van der Waals surface area contributed by atoms with Gasteiger partial charge in [0.15, 0.2) is 0 Å². The summed E-state index contributed by atoms with van der Waals surface area (Å²) in [6.07, 6.45) is 1.06. The van der Waals surface area contributed by atoms with Crippen LogP contribution in [0, 0.1) is 34.5 Å². The molecule has 0 aromatic carbocycles. The fourth-order valence-electron chi connectivity index (χ4n) is 11.0. The summed E-state index contributed by atoms with van der Waals surface area (Å²) in [7, 11) is 6.79. The van der Waals surface area contributed by atoms with Gasteiger partial charge in [-0.25, -0.2) is 0 Å². The molecule has 5 aliphatic carbocycles. The minimum absolute atomic E-state index is 0.00825. The van der Waals surface area contributed by atoms with Crippen molar-refractivity contribution in [2.45, 2.75) is 74.3 Å². The van der Waals surface area contributed by atoms with Crippen molar-refractivity contribution in [3.8, 4) is 0 Å². The van der Waals surface area contributed by atoms with Gasteiger partial charge in [0.25, 0.3) is 0 Å². The van der Waals surface area contributed by atoms with Crippen LogP contribution in [0.25, 0.3) is 0 Å². The average molecular weight is 468 g/mol. The number of fused-ring (bicyclic) bond motifs is 2. The van der Waals surface area contributed by atoms with E-state index in [-0.39, 0.29) is 47.3 Å². The molecule has 1 heterocycles. The standard InChI is InChI=1S/C25H41NO7/c1-6-26-11-22(12-30-2)8-7-16(27)24-14-9-13-15(31-3)10-23(28,17(14)18(13)32-4)25(29,21(24)26)20(33-5)19(22)24/h13-21,27-29H,6-12H2,1-5H3/t13-,14+,15-,16-,17+,18-,19+,20-,21-,22-,23+,24-,25?/m0/s1. The summed E-state index contributed by atoms with van der Waals surface area (Å²) in [6, 6.07) is -0.386. The van der Waals surface area contributed by atoms with Crippen molar-refractivity contribution in [1.29, 1.82) is 0 Å². The summed E-state index contributed by atoms with van der Waals surface area (Å²) in [4.78, 5) is 2.33. The highest BCUT2D eigenvalue weighted by atomic mass is 16.5. The number of rotatable bonds is 6. The second-order valence-corrected chi connectivity index (χ2v) is 11.9.